The lowest BCUT2D eigenvalue weighted by Crippen LogP contribution is -2.41. The number of hydrogen-bond acceptors (Lipinski definition) is 2. The monoisotopic (exact) mass is 340 g/mol. The molecular weight excluding hydrogens is 316 g/mol. The summed E-state index contributed by atoms with van der Waals surface area (Å²) >= 11 is 3.45. The lowest BCUT2D eigenvalue weighted by Gasteiger charge is -2.26. The minimum atomic E-state index is -0.00351. The van der Waals surface area contributed by atoms with Crippen molar-refractivity contribution in [1.29, 1.82) is 0 Å². The largest absolute Gasteiger partial charge is 0.350 e. The maximum absolute atomic E-state index is 12.2. The molecule has 0 heterocycles. The Morgan fingerprint density at radius 2 is 2.00 bits per heavy atom. The molecule has 3 nitrogen and oxygen atoms in total. The van der Waals surface area contributed by atoms with Crippen LogP contribution in [0.3, 0.4) is 0 Å². The number of nitrogens with one attached hydrogen (secondary N) is 1. The summed E-state index contributed by atoms with van der Waals surface area (Å²) < 4.78 is 1.03. The first-order valence-corrected chi connectivity index (χ1v) is 7.81. The van der Waals surface area contributed by atoms with E-state index < -0.39 is 0 Å². The van der Waals surface area contributed by atoms with Gasteiger partial charge in [0.1, 0.15) is 0 Å². The standard InChI is InChI=1S/C16H25BrN2O/c1-11(2)8-14(19(4)5)10-18-16(20)13-6-7-15(17)12(3)9-13/h6-7,9,11,14H,8,10H2,1-5H3,(H,18,20). The topological polar surface area (TPSA) is 32.3 Å². The van der Waals surface area contributed by atoms with Gasteiger partial charge in [0, 0.05) is 22.6 Å². The zero-order valence-electron chi connectivity index (χ0n) is 13.0. The first kappa shape index (κ1) is 17.2. The fourth-order valence-corrected chi connectivity index (χ4v) is 2.37. The van der Waals surface area contributed by atoms with Crippen LogP contribution in [-0.4, -0.2) is 37.5 Å². The number of benzene rings is 1. The third kappa shape index (κ3) is 5.25. The zero-order valence-corrected chi connectivity index (χ0v) is 14.6. The highest BCUT2D eigenvalue weighted by Gasteiger charge is 2.15. The van der Waals surface area contributed by atoms with Gasteiger partial charge in [0.2, 0.25) is 0 Å². The second kappa shape index (κ2) is 7.79. The predicted octanol–water partition coefficient (Wildman–Crippen LogP) is 3.46. The molecule has 1 N–H and O–H groups in total. The molecule has 0 bridgehead atoms. The van der Waals surface area contributed by atoms with E-state index >= 15 is 0 Å². The number of carbonyl (C=O) groups is 1. The van der Waals surface area contributed by atoms with Gasteiger partial charge in [-0.3, -0.25) is 4.79 Å². The van der Waals surface area contributed by atoms with Crippen molar-refractivity contribution < 1.29 is 4.79 Å². The van der Waals surface area contributed by atoms with E-state index in [0.717, 1.165) is 16.5 Å². The van der Waals surface area contributed by atoms with Gasteiger partial charge in [0.05, 0.1) is 0 Å². The van der Waals surface area contributed by atoms with Crippen molar-refractivity contribution in [3.05, 3.63) is 33.8 Å². The number of carbonyl (C=O) groups excluding carboxylic acids is 1. The van der Waals surface area contributed by atoms with Gasteiger partial charge in [-0.05, 0) is 57.1 Å². The Kier molecular flexibility index (Phi) is 6.69. The SMILES string of the molecule is Cc1cc(C(=O)NCC(CC(C)C)N(C)C)ccc1Br. The number of halogens is 1. The van der Waals surface area contributed by atoms with Gasteiger partial charge in [-0.25, -0.2) is 0 Å². The molecule has 1 unspecified atom stereocenters. The molecule has 0 fully saturated rings. The van der Waals surface area contributed by atoms with E-state index in [2.05, 4.69) is 54.1 Å². The highest BCUT2D eigenvalue weighted by atomic mass is 79.9. The van der Waals surface area contributed by atoms with E-state index in [1.807, 2.05) is 25.1 Å². The van der Waals surface area contributed by atoms with Crippen molar-refractivity contribution in [1.82, 2.24) is 10.2 Å². The first-order valence-electron chi connectivity index (χ1n) is 7.02. The average Bonchev–Trinajstić information content (AvgIpc) is 2.36. The number of rotatable bonds is 6. The molecule has 0 spiro atoms. The molecule has 0 aromatic heterocycles. The van der Waals surface area contributed by atoms with Crippen LogP contribution < -0.4 is 5.32 Å². The van der Waals surface area contributed by atoms with Crippen LogP contribution in [0.2, 0.25) is 0 Å². The Labute approximate surface area is 130 Å². The summed E-state index contributed by atoms with van der Waals surface area (Å²) in [6.45, 7) is 7.08. The van der Waals surface area contributed by atoms with E-state index in [1.165, 1.54) is 0 Å². The molecule has 1 rings (SSSR count). The highest BCUT2D eigenvalue weighted by molar-refractivity contribution is 9.10. The fourth-order valence-electron chi connectivity index (χ4n) is 2.12. The van der Waals surface area contributed by atoms with Gasteiger partial charge in [0.15, 0.2) is 0 Å². The van der Waals surface area contributed by atoms with Crippen molar-refractivity contribution in [3.8, 4) is 0 Å². The molecular formula is C16H25BrN2O. The Balaban J connectivity index is 2.63. The van der Waals surface area contributed by atoms with Crippen molar-refractivity contribution in [2.75, 3.05) is 20.6 Å². The normalized spacial score (nSPS) is 12.8. The van der Waals surface area contributed by atoms with Crippen LogP contribution in [0.15, 0.2) is 22.7 Å². The van der Waals surface area contributed by atoms with Crippen LogP contribution in [0.5, 0.6) is 0 Å². The van der Waals surface area contributed by atoms with Crippen LogP contribution >= 0.6 is 15.9 Å². The van der Waals surface area contributed by atoms with Crippen LogP contribution in [-0.2, 0) is 0 Å². The zero-order chi connectivity index (χ0) is 15.3. The molecule has 20 heavy (non-hydrogen) atoms. The minimum absolute atomic E-state index is 0.00351. The smallest absolute Gasteiger partial charge is 0.251 e. The second-order valence-corrected chi connectivity index (χ2v) is 6.78. The molecule has 1 aromatic rings. The van der Waals surface area contributed by atoms with Gasteiger partial charge in [-0.2, -0.15) is 0 Å². The summed E-state index contributed by atoms with van der Waals surface area (Å²) in [6, 6.07) is 6.05. The van der Waals surface area contributed by atoms with Crippen molar-refractivity contribution in [2.45, 2.75) is 33.2 Å². The first-order chi connectivity index (χ1) is 9.31. The Hall–Kier alpha value is -0.870. The summed E-state index contributed by atoms with van der Waals surface area (Å²) in [6.07, 6.45) is 1.08. The number of likely N-dealkylation sites (N-methyl/N-ethyl adjacent to an activating group) is 1. The van der Waals surface area contributed by atoms with Gasteiger partial charge >= 0.3 is 0 Å². The molecule has 0 aliphatic rings. The van der Waals surface area contributed by atoms with Gasteiger partial charge in [-0.15, -0.1) is 0 Å². The Morgan fingerprint density at radius 1 is 1.35 bits per heavy atom. The molecule has 0 aliphatic carbocycles. The molecule has 0 saturated carbocycles. The minimum Gasteiger partial charge on any atom is -0.350 e. The Bertz CT molecular complexity index is 458. The molecule has 0 radical (unpaired) electrons. The van der Waals surface area contributed by atoms with E-state index in [1.54, 1.807) is 0 Å². The molecule has 4 heteroatoms. The predicted molar refractivity (Wildman–Crippen MR) is 88.1 cm³/mol. The summed E-state index contributed by atoms with van der Waals surface area (Å²) in [5.74, 6) is 0.616. The van der Waals surface area contributed by atoms with Gasteiger partial charge in [0.25, 0.3) is 5.91 Å². The molecule has 112 valence electrons. The third-order valence-electron chi connectivity index (χ3n) is 3.39. The molecule has 0 saturated heterocycles. The fraction of sp³-hybridized carbons (Fsp3) is 0.562. The maximum atomic E-state index is 12.2. The quantitative estimate of drug-likeness (QED) is 0.859. The summed E-state index contributed by atoms with van der Waals surface area (Å²) in [7, 11) is 4.12. The van der Waals surface area contributed by atoms with Crippen LogP contribution in [0, 0.1) is 12.8 Å². The summed E-state index contributed by atoms with van der Waals surface area (Å²) in [5.41, 5.74) is 1.79. The molecule has 1 aromatic carbocycles. The van der Waals surface area contributed by atoms with E-state index in [0.29, 0.717) is 24.1 Å². The van der Waals surface area contributed by atoms with Crippen molar-refractivity contribution >= 4 is 21.8 Å². The van der Waals surface area contributed by atoms with E-state index in [9.17, 15) is 4.79 Å². The molecule has 1 amide bonds. The average molecular weight is 341 g/mol. The number of amides is 1. The lowest BCUT2D eigenvalue weighted by molar-refractivity contribution is 0.0938. The van der Waals surface area contributed by atoms with E-state index in [4.69, 9.17) is 0 Å². The number of nitrogens with zero attached hydrogens (tertiary/aromatic N) is 1. The van der Waals surface area contributed by atoms with Crippen molar-refractivity contribution in [3.63, 3.8) is 0 Å². The second-order valence-electron chi connectivity index (χ2n) is 5.92. The Morgan fingerprint density at radius 3 is 2.50 bits per heavy atom. The van der Waals surface area contributed by atoms with Crippen LogP contribution in [0.25, 0.3) is 0 Å². The van der Waals surface area contributed by atoms with Gasteiger partial charge < -0.3 is 10.2 Å². The van der Waals surface area contributed by atoms with Crippen LogP contribution in [0.4, 0.5) is 0 Å². The summed E-state index contributed by atoms with van der Waals surface area (Å²) in [4.78, 5) is 14.3. The van der Waals surface area contributed by atoms with Crippen molar-refractivity contribution in [2.24, 2.45) is 5.92 Å². The maximum Gasteiger partial charge on any atom is 0.251 e. The summed E-state index contributed by atoms with van der Waals surface area (Å²) in [5, 5.41) is 3.04. The van der Waals surface area contributed by atoms with E-state index in [-0.39, 0.29) is 5.91 Å². The highest BCUT2D eigenvalue weighted by Crippen LogP contribution is 2.17. The number of hydrogen-bond donors (Lipinski definition) is 1. The van der Waals surface area contributed by atoms with Crippen LogP contribution in [0.1, 0.15) is 36.2 Å². The number of aryl methyl sites for hydroxylation is 1. The van der Waals surface area contributed by atoms with Gasteiger partial charge in [-0.1, -0.05) is 29.8 Å². The lowest BCUT2D eigenvalue weighted by atomic mass is 10.0. The third-order valence-corrected chi connectivity index (χ3v) is 4.28. The molecule has 0 aliphatic heterocycles. The molecule has 1 atom stereocenters.